The van der Waals surface area contributed by atoms with Crippen molar-refractivity contribution in [2.75, 3.05) is 10.8 Å². The first-order chi connectivity index (χ1) is 22.7. The minimum Gasteiger partial charge on any atom is -0.306 e. The van der Waals surface area contributed by atoms with Crippen LogP contribution < -0.4 is 9.76 Å². The van der Waals surface area contributed by atoms with Gasteiger partial charge in [-0.05, 0) is 95.7 Å². The Hall–Kier alpha value is -2.61. The van der Waals surface area contributed by atoms with Crippen LogP contribution in [0.25, 0.3) is 21.5 Å². The van der Waals surface area contributed by atoms with Crippen LogP contribution in [0.4, 0.5) is 5.69 Å². The molecule has 4 fully saturated rings. The first kappa shape index (κ1) is 30.7. The van der Waals surface area contributed by atoms with E-state index in [4.69, 9.17) is 0 Å². The van der Waals surface area contributed by atoms with E-state index in [2.05, 4.69) is 89.5 Å². The molecule has 0 spiro atoms. The number of nitrogens with one attached hydrogen (secondary N) is 1. The minimum atomic E-state index is -2.86. The molecule has 242 valence electrons. The van der Waals surface area contributed by atoms with Crippen LogP contribution in [0.5, 0.6) is 0 Å². The van der Waals surface area contributed by atoms with Gasteiger partial charge < -0.3 is 4.67 Å². The van der Waals surface area contributed by atoms with E-state index in [-0.39, 0.29) is 12.1 Å². The summed E-state index contributed by atoms with van der Waals surface area (Å²) in [4.78, 5) is 0. The minimum absolute atomic E-state index is 0.193. The fourth-order valence-electron chi connectivity index (χ4n) is 10.2. The van der Waals surface area contributed by atoms with Crippen molar-refractivity contribution in [2.24, 2.45) is 0 Å². The van der Waals surface area contributed by atoms with Crippen LogP contribution >= 0.6 is 7.44 Å². The molecule has 4 heteroatoms. The third kappa shape index (κ3) is 5.44. The van der Waals surface area contributed by atoms with E-state index in [1.165, 1.54) is 109 Å². The number of anilines is 1. The highest BCUT2D eigenvalue weighted by Gasteiger charge is 2.52. The first-order valence-corrected chi connectivity index (χ1v) is 20.7. The lowest BCUT2D eigenvalue weighted by atomic mass is 9.74. The van der Waals surface area contributed by atoms with Crippen molar-refractivity contribution < 1.29 is 4.57 Å². The van der Waals surface area contributed by atoms with Crippen molar-refractivity contribution in [3.05, 3.63) is 89.5 Å². The maximum atomic E-state index is 15.6. The lowest BCUT2D eigenvalue weighted by Gasteiger charge is -2.39. The summed E-state index contributed by atoms with van der Waals surface area (Å²) < 4.78 is 18.1. The van der Waals surface area contributed by atoms with Crippen LogP contribution in [0, 0.1) is 0 Å². The SMILES string of the molecule is CCCC[P@@]1(=O)NC2C(c3cccc4cccc(C5CCCCC5)c34)CCC[C@H]2N1c1cccc2cccc(C3CCCCC3)c12. The van der Waals surface area contributed by atoms with Gasteiger partial charge in [0.2, 0.25) is 7.44 Å². The van der Waals surface area contributed by atoms with E-state index in [0.29, 0.717) is 17.8 Å². The molecule has 0 amide bonds. The van der Waals surface area contributed by atoms with Crippen molar-refractivity contribution >= 4 is 34.7 Å². The third-order valence-corrected chi connectivity index (χ3v) is 15.1. The van der Waals surface area contributed by atoms with Gasteiger partial charge in [0.05, 0.1) is 11.7 Å². The largest absolute Gasteiger partial charge is 0.306 e. The summed E-state index contributed by atoms with van der Waals surface area (Å²) in [5.41, 5.74) is 5.81. The summed E-state index contributed by atoms with van der Waals surface area (Å²) in [6, 6.07) is 28.3. The number of hydrogen-bond donors (Lipinski definition) is 1. The highest BCUT2D eigenvalue weighted by Crippen LogP contribution is 2.62. The normalized spacial score (nSPS) is 27.8. The second-order valence-electron chi connectivity index (χ2n) is 15.1. The van der Waals surface area contributed by atoms with Gasteiger partial charge in [0, 0.05) is 23.5 Å². The molecule has 46 heavy (non-hydrogen) atoms. The Labute approximate surface area is 277 Å². The molecule has 2 unspecified atom stereocenters. The third-order valence-electron chi connectivity index (χ3n) is 12.3. The molecule has 0 bridgehead atoms. The van der Waals surface area contributed by atoms with Gasteiger partial charge in [-0.3, -0.25) is 4.57 Å². The van der Waals surface area contributed by atoms with Crippen molar-refractivity contribution in [1.29, 1.82) is 0 Å². The Balaban J connectivity index is 1.25. The van der Waals surface area contributed by atoms with Gasteiger partial charge in [-0.15, -0.1) is 0 Å². The maximum absolute atomic E-state index is 15.6. The molecule has 3 saturated carbocycles. The molecule has 3 aliphatic carbocycles. The van der Waals surface area contributed by atoms with E-state index in [9.17, 15) is 0 Å². The standard InChI is InChI=1S/C42H53N2OP/c1-2-3-29-46(45)43-42-37(36-25-12-20-32-19-10-23-34(40(32)36)30-15-6-4-7-16-30)26-14-28-39(42)44(46)38-27-13-22-33-21-11-24-35(41(33)38)31-17-8-5-9-18-31/h10-13,19-25,27,30-31,37,39,42H,2-9,14-18,26,28-29H2,1H3,(H,43,45)/t37?,39-,42?,46-/m1/s1. The van der Waals surface area contributed by atoms with Crippen LogP contribution in [0.1, 0.15) is 138 Å². The highest BCUT2D eigenvalue weighted by molar-refractivity contribution is 7.64. The Morgan fingerprint density at radius 3 is 1.85 bits per heavy atom. The van der Waals surface area contributed by atoms with Crippen LogP contribution in [0.15, 0.2) is 72.8 Å². The quantitative estimate of drug-likeness (QED) is 0.206. The van der Waals surface area contributed by atoms with E-state index < -0.39 is 7.44 Å². The Morgan fingerprint density at radius 2 is 1.22 bits per heavy atom. The lowest BCUT2D eigenvalue weighted by Crippen LogP contribution is -2.43. The molecule has 1 aliphatic heterocycles. The molecule has 3 nitrogen and oxygen atoms in total. The van der Waals surface area contributed by atoms with Gasteiger partial charge in [-0.1, -0.05) is 125 Å². The molecule has 0 radical (unpaired) electrons. The van der Waals surface area contributed by atoms with Crippen LogP contribution in [0.3, 0.4) is 0 Å². The van der Waals surface area contributed by atoms with Crippen molar-refractivity contribution in [3.8, 4) is 0 Å². The first-order valence-electron chi connectivity index (χ1n) is 18.9. The van der Waals surface area contributed by atoms with E-state index in [1.807, 2.05) is 0 Å². The molecule has 1 N–H and O–H groups in total. The highest BCUT2D eigenvalue weighted by atomic mass is 31.2. The number of hydrogen-bond acceptors (Lipinski definition) is 1. The molecule has 4 aliphatic rings. The zero-order valence-electron chi connectivity index (χ0n) is 27.9. The summed E-state index contributed by atoms with van der Waals surface area (Å²) in [7, 11) is -2.86. The molecular weight excluding hydrogens is 579 g/mol. The summed E-state index contributed by atoms with van der Waals surface area (Å²) in [5.74, 6) is 1.63. The number of benzene rings is 4. The van der Waals surface area contributed by atoms with Gasteiger partial charge in [0.15, 0.2) is 0 Å². The smallest absolute Gasteiger partial charge is 0.237 e. The topological polar surface area (TPSA) is 32.3 Å². The zero-order chi connectivity index (χ0) is 31.1. The van der Waals surface area contributed by atoms with Crippen molar-refractivity contribution in [2.45, 2.75) is 133 Å². The van der Waals surface area contributed by atoms with Gasteiger partial charge in [-0.25, -0.2) is 5.09 Å². The second-order valence-corrected chi connectivity index (χ2v) is 17.6. The Kier molecular flexibility index (Phi) is 8.76. The van der Waals surface area contributed by atoms with Crippen molar-refractivity contribution in [3.63, 3.8) is 0 Å². The number of rotatable bonds is 7. The summed E-state index contributed by atoms with van der Waals surface area (Å²) >= 11 is 0. The van der Waals surface area contributed by atoms with Gasteiger partial charge in [0.1, 0.15) is 0 Å². The van der Waals surface area contributed by atoms with E-state index in [1.54, 1.807) is 5.56 Å². The van der Waals surface area contributed by atoms with Gasteiger partial charge in [-0.2, -0.15) is 0 Å². The van der Waals surface area contributed by atoms with Gasteiger partial charge in [0.25, 0.3) is 0 Å². The zero-order valence-corrected chi connectivity index (χ0v) is 28.8. The molecule has 4 aromatic carbocycles. The lowest BCUT2D eigenvalue weighted by molar-refractivity contribution is 0.344. The van der Waals surface area contributed by atoms with E-state index >= 15 is 4.57 Å². The monoisotopic (exact) mass is 632 g/mol. The summed E-state index contributed by atoms with van der Waals surface area (Å²) in [5, 5.41) is 9.59. The van der Waals surface area contributed by atoms with Crippen molar-refractivity contribution in [1.82, 2.24) is 5.09 Å². The molecule has 1 saturated heterocycles. The van der Waals surface area contributed by atoms with Gasteiger partial charge >= 0.3 is 0 Å². The fraction of sp³-hybridized carbons (Fsp3) is 0.524. The van der Waals surface area contributed by atoms with E-state index in [0.717, 1.165) is 31.8 Å². The van der Waals surface area contributed by atoms with Crippen LogP contribution in [0.2, 0.25) is 0 Å². The average Bonchev–Trinajstić information content (AvgIpc) is 3.42. The number of nitrogens with zero attached hydrogens (tertiary/aromatic N) is 1. The maximum Gasteiger partial charge on any atom is 0.237 e. The Morgan fingerprint density at radius 1 is 0.652 bits per heavy atom. The predicted molar refractivity (Wildman–Crippen MR) is 197 cm³/mol. The molecule has 4 aromatic rings. The molecular formula is C42H53N2OP. The molecule has 8 rings (SSSR count). The summed E-state index contributed by atoms with van der Waals surface area (Å²) in [6.07, 6.45) is 19.5. The predicted octanol–water partition coefficient (Wildman–Crippen LogP) is 12.2. The molecule has 0 aromatic heterocycles. The average molecular weight is 633 g/mol. The molecule has 4 atom stereocenters. The molecule has 1 heterocycles. The number of fused-ring (bicyclic) bond motifs is 3. The second kappa shape index (κ2) is 13.1. The Bertz CT molecular complexity index is 1720. The summed E-state index contributed by atoms with van der Waals surface area (Å²) in [6.45, 7) is 2.24. The fourth-order valence-corrected chi connectivity index (χ4v) is 13.4. The number of unbranched alkanes of at least 4 members (excludes halogenated alkanes) is 1. The van der Waals surface area contributed by atoms with Crippen LogP contribution in [-0.4, -0.2) is 18.2 Å². The van der Waals surface area contributed by atoms with Crippen LogP contribution in [-0.2, 0) is 4.57 Å².